The van der Waals surface area contributed by atoms with E-state index in [1.165, 1.54) is 12.2 Å². The number of allylic oxidation sites excluding steroid dienone is 2. The van der Waals surface area contributed by atoms with E-state index in [4.69, 9.17) is 0 Å². The molecule has 0 saturated heterocycles. The molecule has 5 heteroatoms. The van der Waals surface area contributed by atoms with Gasteiger partial charge in [-0.1, -0.05) is 25.3 Å². The first-order chi connectivity index (χ1) is 7.96. The maximum atomic E-state index is 13.4. The average molecular weight is 238 g/mol. The molecule has 90 valence electrons. The third-order valence-corrected chi connectivity index (χ3v) is 2.05. The predicted octanol–water partition coefficient (Wildman–Crippen LogP) is 1.23. The molecule has 0 bridgehead atoms. The van der Waals surface area contributed by atoms with E-state index in [1.54, 1.807) is 13.0 Å². The Morgan fingerprint density at radius 1 is 1.24 bits per heavy atom. The van der Waals surface area contributed by atoms with Gasteiger partial charge < -0.3 is 5.11 Å². The van der Waals surface area contributed by atoms with Gasteiger partial charge in [-0.25, -0.2) is 9.97 Å². The van der Waals surface area contributed by atoms with Crippen LogP contribution in [0.5, 0.6) is 5.88 Å². The van der Waals surface area contributed by atoms with Gasteiger partial charge in [-0.3, -0.25) is 0 Å². The highest BCUT2D eigenvalue weighted by atomic mass is 19.3. The van der Waals surface area contributed by atoms with Gasteiger partial charge in [0.05, 0.1) is 10.7 Å². The molecule has 1 aromatic rings. The summed E-state index contributed by atoms with van der Waals surface area (Å²) in [5, 5.41) is 9.95. The van der Waals surface area contributed by atoms with E-state index in [9.17, 15) is 13.9 Å². The number of rotatable bonds is 3. The third-order valence-electron chi connectivity index (χ3n) is 2.05. The van der Waals surface area contributed by atoms with Crippen LogP contribution in [0, 0.1) is 0 Å². The van der Waals surface area contributed by atoms with E-state index < -0.39 is 17.5 Å². The summed E-state index contributed by atoms with van der Waals surface area (Å²) in [7, 11) is 0. The van der Waals surface area contributed by atoms with E-state index in [2.05, 4.69) is 23.1 Å². The molecule has 0 spiro atoms. The fraction of sp³-hybridized carbons (Fsp3) is 0.167. The normalized spacial score (nSPS) is 13.8. The van der Waals surface area contributed by atoms with Crippen LogP contribution in [0.2, 0.25) is 0 Å². The first kappa shape index (κ1) is 13.0. The van der Waals surface area contributed by atoms with Gasteiger partial charge in [-0.15, -0.1) is 0 Å². The molecule has 1 rings (SSSR count). The Morgan fingerprint density at radius 3 is 2.35 bits per heavy atom. The molecule has 0 aliphatic heterocycles. The molecular weight excluding hydrogens is 226 g/mol. The lowest BCUT2D eigenvalue weighted by Gasteiger charge is -2.11. The van der Waals surface area contributed by atoms with Gasteiger partial charge in [0.25, 0.3) is 0 Å². The molecule has 0 atom stereocenters. The average Bonchev–Trinajstić information content (AvgIpc) is 2.31. The van der Waals surface area contributed by atoms with Crippen molar-refractivity contribution in [1.82, 2.24) is 9.97 Å². The van der Waals surface area contributed by atoms with Gasteiger partial charge in [-0.2, -0.15) is 8.78 Å². The molecule has 0 aliphatic carbocycles. The molecule has 0 unspecified atom stereocenters. The van der Waals surface area contributed by atoms with Crippen molar-refractivity contribution >= 4 is 12.2 Å². The summed E-state index contributed by atoms with van der Waals surface area (Å²) in [6.45, 7) is 8.12. The summed E-state index contributed by atoms with van der Waals surface area (Å²) in [4.78, 5) is 7.34. The second-order valence-corrected chi connectivity index (χ2v) is 3.18. The fourth-order valence-corrected chi connectivity index (χ4v) is 1.22. The number of nitrogens with zero attached hydrogens (tertiary/aromatic N) is 2. The Hall–Kier alpha value is -2.04. The molecule has 17 heavy (non-hydrogen) atoms. The molecular formula is C12H12F2N2O. The topological polar surface area (TPSA) is 46.0 Å². The molecule has 0 radical (unpaired) electrons. The second kappa shape index (κ2) is 4.86. The van der Waals surface area contributed by atoms with Gasteiger partial charge >= 0.3 is 5.92 Å². The number of alkyl halides is 2. The maximum absolute atomic E-state index is 13.4. The molecule has 0 fully saturated rings. The molecule has 1 heterocycles. The van der Waals surface area contributed by atoms with E-state index in [-0.39, 0.29) is 5.35 Å². The number of aromatic nitrogens is 2. The third kappa shape index (κ3) is 2.55. The van der Waals surface area contributed by atoms with Crippen molar-refractivity contribution in [3.63, 3.8) is 0 Å². The minimum atomic E-state index is -3.42. The monoisotopic (exact) mass is 238 g/mol. The highest BCUT2D eigenvalue weighted by Gasteiger charge is 2.33. The van der Waals surface area contributed by atoms with Gasteiger partial charge in [0.15, 0.2) is 5.69 Å². The van der Waals surface area contributed by atoms with Crippen molar-refractivity contribution in [1.29, 1.82) is 0 Å². The van der Waals surface area contributed by atoms with Crippen LogP contribution in [0.3, 0.4) is 0 Å². The van der Waals surface area contributed by atoms with E-state index in [1.807, 2.05) is 0 Å². The summed E-state index contributed by atoms with van der Waals surface area (Å²) in [5.74, 6) is -4.23. The second-order valence-electron chi connectivity index (χ2n) is 3.18. The van der Waals surface area contributed by atoms with E-state index in [0.29, 0.717) is 11.4 Å². The first-order valence-corrected chi connectivity index (χ1v) is 4.84. The van der Waals surface area contributed by atoms with Crippen molar-refractivity contribution in [3.8, 4) is 5.88 Å². The van der Waals surface area contributed by atoms with Crippen LogP contribution in [-0.2, 0) is 5.92 Å². The largest absolute Gasteiger partial charge is 0.492 e. The molecule has 1 aromatic heterocycles. The quantitative estimate of drug-likeness (QED) is 0.805. The zero-order valence-corrected chi connectivity index (χ0v) is 9.32. The summed E-state index contributed by atoms with van der Waals surface area (Å²) in [5.41, 5.74) is -0.814. The van der Waals surface area contributed by atoms with Crippen LogP contribution in [0.15, 0.2) is 25.3 Å². The Balaban J connectivity index is 3.68. The fourth-order valence-electron chi connectivity index (χ4n) is 1.22. The summed E-state index contributed by atoms with van der Waals surface area (Å²) < 4.78 is 26.7. The van der Waals surface area contributed by atoms with Crippen molar-refractivity contribution in [3.05, 3.63) is 41.7 Å². The number of hydrogen-bond acceptors (Lipinski definition) is 3. The Morgan fingerprint density at radius 2 is 1.88 bits per heavy atom. The summed E-state index contributed by atoms with van der Waals surface area (Å²) in [6.07, 6.45) is 4.80. The van der Waals surface area contributed by atoms with Crippen LogP contribution in [-0.4, -0.2) is 15.1 Å². The number of hydrogen-bond donors (Lipinski definition) is 1. The lowest BCUT2D eigenvalue weighted by Crippen LogP contribution is -2.34. The van der Waals surface area contributed by atoms with Gasteiger partial charge in [0.2, 0.25) is 5.88 Å². The molecule has 0 amide bonds. The Bertz CT molecular complexity index is 565. The summed E-state index contributed by atoms with van der Waals surface area (Å²) in [6, 6.07) is 0. The molecule has 0 saturated carbocycles. The lowest BCUT2D eigenvalue weighted by atomic mass is 10.2. The minimum Gasteiger partial charge on any atom is -0.492 e. The Labute approximate surface area is 97.2 Å². The van der Waals surface area contributed by atoms with Crippen LogP contribution in [0.4, 0.5) is 8.78 Å². The standard InChI is InChI=1S/C12H12F2N2O/c1-4-7-9-8(5-2)16-11(17)10(15-9)12(13,14)6-3/h4-7H,1,3H2,2H3,(H,16,17)/b8-5+,9-7+. The molecule has 0 aromatic carbocycles. The van der Waals surface area contributed by atoms with E-state index in [0.717, 1.165) is 0 Å². The smallest absolute Gasteiger partial charge is 0.313 e. The lowest BCUT2D eigenvalue weighted by molar-refractivity contribution is 0.0436. The SMILES string of the molecule is C=C/C=c1/nc(C(F)(F)C=C)c(O)n/c1=C/C. The zero-order chi connectivity index (χ0) is 13.1. The minimum absolute atomic E-state index is 0.219. The van der Waals surface area contributed by atoms with Crippen LogP contribution in [0.25, 0.3) is 12.2 Å². The first-order valence-electron chi connectivity index (χ1n) is 4.84. The van der Waals surface area contributed by atoms with Crippen LogP contribution < -0.4 is 10.7 Å². The van der Waals surface area contributed by atoms with Gasteiger partial charge in [0.1, 0.15) is 0 Å². The van der Waals surface area contributed by atoms with Gasteiger partial charge in [0, 0.05) is 0 Å². The maximum Gasteiger partial charge on any atom is 0.313 e. The molecule has 0 aliphatic rings. The van der Waals surface area contributed by atoms with Crippen molar-refractivity contribution < 1.29 is 13.9 Å². The zero-order valence-electron chi connectivity index (χ0n) is 9.32. The van der Waals surface area contributed by atoms with E-state index >= 15 is 0 Å². The Kier molecular flexibility index (Phi) is 3.73. The highest BCUT2D eigenvalue weighted by molar-refractivity contribution is 5.36. The number of halogens is 2. The van der Waals surface area contributed by atoms with Gasteiger partial charge in [-0.05, 0) is 19.1 Å². The van der Waals surface area contributed by atoms with Crippen molar-refractivity contribution in [2.75, 3.05) is 0 Å². The van der Waals surface area contributed by atoms with Crippen molar-refractivity contribution in [2.24, 2.45) is 0 Å². The summed E-state index contributed by atoms with van der Waals surface area (Å²) >= 11 is 0. The molecule has 3 nitrogen and oxygen atoms in total. The number of aromatic hydroxyl groups is 1. The molecule has 1 N–H and O–H groups in total. The van der Waals surface area contributed by atoms with Crippen LogP contribution >= 0.6 is 0 Å². The van der Waals surface area contributed by atoms with Crippen molar-refractivity contribution in [2.45, 2.75) is 12.8 Å². The predicted molar refractivity (Wildman–Crippen MR) is 61.8 cm³/mol. The van der Waals surface area contributed by atoms with Crippen LogP contribution in [0.1, 0.15) is 12.6 Å². The highest BCUT2D eigenvalue weighted by Crippen LogP contribution is 2.30.